The molecule has 6 heteroatoms. The molecule has 1 saturated carbocycles. The summed E-state index contributed by atoms with van der Waals surface area (Å²) in [6.45, 7) is 2.06. The molecule has 1 amide bonds. The van der Waals surface area contributed by atoms with Gasteiger partial charge in [0.25, 0.3) is 0 Å². The molecule has 17 heavy (non-hydrogen) atoms. The summed E-state index contributed by atoms with van der Waals surface area (Å²) in [5.74, 6) is 0.392. The van der Waals surface area contributed by atoms with Gasteiger partial charge in [-0.2, -0.15) is 4.98 Å². The van der Waals surface area contributed by atoms with Crippen LogP contribution in [0.4, 0.5) is 5.95 Å². The van der Waals surface area contributed by atoms with Gasteiger partial charge in [0.05, 0.1) is 7.11 Å². The molecule has 2 N–H and O–H groups in total. The molecule has 1 aromatic heterocycles. The van der Waals surface area contributed by atoms with Crippen molar-refractivity contribution in [2.24, 2.45) is 5.41 Å². The zero-order valence-electron chi connectivity index (χ0n) is 10.2. The summed E-state index contributed by atoms with van der Waals surface area (Å²) < 4.78 is 4.85. The average molecular weight is 238 g/mol. The Hall–Kier alpha value is -1.59. The first-order valence-corrected chi connectivity index (χ1v) is 5.98. The Morgan fingerprint density at radius 2 is 2.24 bits per heavy atom. The Bertz CT molecular complexity index is 396. The SMILES string of the molecule is CCC1(C(=O)Nc2nc(OC)n[nH]2)CCCC1. The van der Waals surface area contributed by atoms with Gasteiger partial charge in [-0.3, -0.25) is 10.1 Å². The van der Waals surface area contributed by atoms with Crippen molar-refractivity contribution in [2.75, 3.05) is 12.4 Å². The molecule has 2 rings (SSSR count). The number of anilines is 1. The molecule has 0 spiro atoms. The zero-order valence-corrected chi connectivity index (χ0v) is 10.2. The Balaban J connectivity index is 2.05. The summed E-state index contributed by atoms with van der Waals surface area (Å²) >= 11 is 0. The van der Waals surface area contributed by atoms with Gasteiger partial charge in [0.2, 0.25) is 11.9 Å². The van der Waals surface area contributed by atoms with E-state index in [-0.39, 0.29) is 17.3 Å². The van der Waals surface area contributed by atoms with Crippen LogP contribution in [0, 0.1) is 5.41 Å². The van der Waals surface area contributed by atoms with Gasteiger partial charge in [0.1, 0.15) is 0 Å². The summed E-state index contributed by atoms with van der Waals surface area (Å²) in [4.78, 5) is 16.2. The number of nitrogens with one attached hydrogen (secondary N) is 2. The zero-order chi connectivity index (χ0) is 12.3. The monoisotopic (exact) mass is 238 g/mol. The molecule has 1 heterocycles. The van der Waals surface area contributed by atoms with Crippen LogP contribution >= 0.6 is 0 Å². The predicted octanol–water partition coefficient (Wildman–Crippen LogP) is 1.72. The molecule has 94 valence electrons. The van der Waals surface area contributed by atoms with Crippen LogP contribution < -0.4 is 10.1 Å². The van der Waals surface area contributed by atoms with Crippen molar-refractivity contribution in [3.05, 3.63) is 0 Å². The van der Waals surface area contributed by atoms with E-state index in [1.807, 2.05) is 0 Å². The van der Waals surface area contributed by atoms with E-state index in [2.05, 4.69) is 27.4 Å². The van der Waals surface area contributed by atoms with Crippen molar-refractivity contribution in [1.82, 2.24) is 15.2 Å². The molecular formula is C11H18N4O2. The fraction of sp³-hybridized carbons (Fsp3) is 0.727. The van der Waals surface area contributed by atoms with Crippen LogP contribution in [0.25, 0.3) is 0 Å². The number of carbonyl (C=O) groups excluding carboxylic acids is 1. The van der Waals surface area contributed by atoms with Crippen molar-refractivity contribution < 1.29 is 9.53 Å². The van der Waals surface area contributed by atoms with E-state index in [1.165, 1.54) is 7.11 Å². The molecular weight excluding hydrogens is 220 g/mol. The van der Waals surface area contributed by atoms with Gasteiger partial charge in [-0.25, -0.2) is 5.10 Å². The molecule has 0 saturated heterocycles. The number of nitrogens with zero attached hydrogens (tertiary/aromatic N) is 2. The lowest BCUT2D eigenvalue weighted by atomic mass is 9.82. The number of aromatic nitrogens is 3. The van der Waals surface area contributed by atoms with Crippen molar-refractivity contribution in [3.63, 3.8) is 0 Å². The number of ether oxygens (including phenoxy) is 1. The highest BCUT2D eigenvalue weighted by atomic mass is 16.5. The Morgan fingerprint density at radius 1 is 1.53 bits per heavy atom. The quantitative estimate of drug-likeness (QED) is 0.837. The second-order valence-corrected chi connectivity index (χ2v) is 4.47. The molecule has 0 aromatic carbocycles. The van der Waals surface area contributed by atoms with Crippen molar-refractivity contribution in [2.45, 2.75) is 39.0 Å². The van der Waals surface area contributed by atoms with Crippen molar-refractivity contribution in [3.8, 4) is 6.01 Å². The van der Waals surface area contributed by atoms with Gasteiger partial charge in [0, 0.05) is 5.41 Å². The minimum atomic E-state index is -0.222. The molecule has 1 aliphatic carbocycles. The first-order valence-electron chi connectivity index (χ1n) is 5.98. The smallest absolute Gasteiger partial charge is 0.336 e. The van der Waals surface area contributed by atoms with Crippen molar-refractivity contribution >= 4 is 11.9 Å². The largest absolute Gasteiger partial charge is 0.466 e. The van der Waals surface area contributed by atoms with Crippen LogP contribution in [0.15, 0.2) is 0 Å². The van der Waals surface area contributed by atoms with Crippen LogP contribution in [-0.2, 0) is 4.79 Å². The van der Waals surface area contributed by atoms with Crippen LogP contribution in [-0.4, -0.2) is 28.2 Å². The van der Waals surface area contributed by atoms with E-state index < -0.39 is 0 Å². The van der Waals surface area contributed by atoms with E-state index in [0.717, 1.165) is 32.1 Å². The molecule has 1 fully saturated rings. The fourth-order valence-electron chi connectivity index (χ4n) is 2.43. The number of hydrogen-bond acceptors (Lipinski definition) is 4. The summed E-state index contributed by atoms with van der Waals surface area (Å²) in [6.07, 6.45) is 5.04. The molecule has 0 atom stereocenters. The summed E-state index contributed by atoms with van der Waals surface area (Å²) in [6, 6.07) is 0.234. The number of amides is 1. The molecule has 0 aliphatic heterocycles. The van der Waals surface area contributed by atoms with Crippen LogP contribution in [0.1, 0.15) is 39.0 Å². The van der Waals surface area contributed by atoms with E-state index in [1.54, 1.807) is 0 Å². The van der Waals surface area contributed by atoms with E-state index >= 15 is 0 Å². The van der Waals surface area contributed by atoms with Gasteiger partial charge in [0.15, 0.2) is 0 Å². The number of carbonyl (C=O) groups is 1. The minimum Gasteiger partial charge on any atom is -0.466 e. The maximum atomic E-state index is 12.2. The third kappa shape index (κ3) is 2.25. The van der Waals surface area contributed by atoms with Gasteiger partial charge >= 0.3 is 6.01 Å². The third-order valence-corrected chi connectivity index (χ3v) is 3.60. The maximum absolute atomic E-state index is 12.2. The molecule has 1 aliphatic rings. The van der Waals surface area contributed by atoms with Gasteiger partial charge in [-0.05, 0) is 19.3 Å². The maximum Gasteiger partial charge on any atom is 0.336 e. The van der Waals surface area contributed by atoms with Crippen molar-refractivity contribution in [1.29, 1.82) is 0 Å². The molecule has 6 nitrogen and oxygen atoms in total. The second kappa shape index (κ2) is 4.73. The van der Waals surface area contributed by atoms with Crippen LogP contribution in [0.2, 0.25) is 0 Å². The first-order chi connectivity index (χ1) is 8.20. The Kier molecular flexibility index (Phi) is 3.31. The highest BCUT2D eigenvalue weighted by molar-refractivity contribution is 5.94. The number of rotatable bonds is 4. The summed E-state index contributed by atoms with van der Waals surface area (Å²) in [7, 11) is 1.49. The second-order valence-electron chi connectivity index (χ2n) is 4.47. The van der Waals surface area contributed by atoms with Gasteiger partial charge < -0.3 is 4.74 Å². The standard InChI is InChI=1S/C11H18N4O2/c1-3-11(6-4-5-7-11)8(16)12-9-13-10(17-2)15-14-9/h3-7H2,1-2H3,(H2,12,13,14,15,16). The van der Waals surface area contributed by atoms with E-state index in [4.69, 9.17) is 4.74 Å². The number of H-pyrrole nitrogens is 1. The van der Waals surface area contributed by atoms with Crippen LogP contribution in [0.5, 0.6) is 6.01 Å². The molecule has 0 radical (unpaired) electrons. The topological polar surface area (TPSA) is 79.9 Å². The first kappa shape index (κ1) is 11.9. The lowest BCUT2D eigenvalue weighted by Gasteiger charge is -2.24. The molecule has 1 aromatic rings. The lowest BCUT2D eigenvalue weighted by Crippen LogP contribution is -2.33. The summed E-state index contributed by atoms with van der Waals surface area (Å²) in [5.41, 5.74) is -0.222. The Morgan fingerprint density at radius 3 is 2.76 bits per heavy atom. The van der Waals surface area contributed by atoms with E-state index in [0.29, 0.717) is 5.95 Å². The summed E-state index contributed by atoms with van der Waals surface area (Å²) in [5, 5.41) is 9.21. The highest BCUT2D eigenvalue weighted by Crippen LogP contribution is 2.41. The molecule has 0 unspecified atom stereocenters. The molecule has 0 bridgehead atoms. The fourth-order valence-corrected chi connectivity index (χ4v) is 2.43. The number of hydrogen-bond donors (Lipinski definition) is 2. The minimum absolute atomic E-state index is 0.0382. The van der Waals surface area contributed by atoms with E-state index in [9.17, 15) is 4.79 Å². The van der Waals surface area contributed by atoms with Gasteiger partial charge in [-0.15, -0.1) is 5.10 Å². The normalized spacial score (nSPS) is 18.0. The lowest BCUT2D eigenvalue weighted by molar-refractivity contribution is -0.125. The Labute approximate surface area is 100 Å². The number of aromatic amines is 1. The highest BCUT2D eigenvalue weighted by Gasteiger charge is 2.39. The third-order valence-electron chi connectivity index (χ3n) is 3.60. The number of methoxy groups -OCH3 is 1. The predicted molar refractivity (Wildman–Crippen MR) is 62.8 cm³/mol. The van der Waals surface area contributed by atoms with Gasteiger partial charge in [-0.1, -0.05) is 19.8 Å². The average Bonchev–Trinajstić information content (AvgIpc) is 2.97. The van der Waals surface area contributed by atoms with Crippen LogP contribution in [0.3, 0.4) is 0 Å².